The first kappa shape index (κ1) is 22.3. The van der Waals surface area contributed by atoms with Crippen LogP contribution in [0.1, 0.15) is 16.9 Å². The second kappa shape index (κ2) is 10.6. The highest BCUT2D eigenvalue weighted by Gasteiger charge is 2.14. The van der Waals surface area contributed by atoms with Crippen LogP contribution < -0.4 is 15.6 Å². The fraction of sp³-hybridized carbons (Fsp3) is 0.364. The van der Waals surface area contributed by atoms with E-state index in [0.29, 0.717) is 29.5 Å². The van der Waals surface area contributed by atoms with Gasteiger partial charge in [-0.1, -0.05) is 6.07 Å². The summed E-state index contributed by atoms with van der Waals surface area (Å²) in [6.45, 7) is 2.89. The molecular formula is C22H28N4O2S2. The number of aromatic nitrogens is 1. The van der Waals surface area contributed by atoms with Crippen LogP contribution in [0, 0.1) is 0 Å². The fourth-order valence-corrected chi connectivity index (χ4v) is 4.12. The van der Waals surface area contributed by atoms with Crippen LogP contribution in [0.15, 0.2) is 46.6 Å². The zero-order chi connectivity index (χ0) is 21.5. The van der Waals surface area contributed by atoms with E-state index in [1.54, 1.807) is 18.4 Å². The third-order valence-electron chi connectivity index (χ3n) is 4.76. The number of methoxy groups -OCH3 is 1. The smallest absolute Gasteiger partial charge is 0.253 e. The Morgan fingerprint density at radius 2 is 2.07 bits per heavy atom. The summed E-state index contributed by atoms with van der Waals surface area (Å²) in [5.74, 6) is 0.716. The molecule has 2 aromatic heterocycles. The number of hydrogen-bond acceptors (Lipinski definition) is 5. The maximum Gasteiger partial charge on any atom is 0.253 e. The summed E-state index contributed by atoms with van der Waals surface area (Å²) in [6, 6.07) is 11.7. The molecule has 0 atom stereocenters. The van der Waals surface area contributed by atoms with Gasteiger partial charge in [-0.15, -0.1) is 11.3 Å². The number of nitrogens with zero attached hydrogens (tertiary/aromatic N) is 2. The van der Waals surface area contributed by atoms with E-state index in [1.807, 2.05) is 30.3 Å². The summed E-state index contributed by atoms with van der Waals surface area (Å²) >= 11 is 7.36. The summed E-state index contributed by atoms with van der Waals surface area (Å²) in [5.41, 5.74) is 1.33. The Kier molecular flexibility index (Phi) is 7.84. The summed E-state index contributed by atoms with van der Waals surface area (Å²) in [4.78, 5) is 21.1. The lowest BCUT2D eigenvalue weighted by atomic mass is 10.1. The zero-order valence-electron chi connectivity index (χ0n) is 17.6. The maximum absolute atomic E-state index is 12.7. The van der Waals surface area contributed by atoms with Gasteiger partial charge < -0.3 is 24.8 Å². The summed E-state index contributed by atoms with van der Waals surface area (Å²) in [7, 11) is 5.73. The number of benzene rings is 1. The number of aromatic amines is 1. The maximum atomic E-state index is 12.7. The highest BCUT2D eigenvalue weighted by molar-refractivity contribution is 7.80. The molecule has 1 aromatic carbocycles. The minimum Gasteiger partial charge on any atom is -0.497 e. The zero-order valence-corrected chi connectivity index (χ0v) is 19.2. The molecular weight excluding hydrogens is 416 g/mol. The number of fused-ring (bicyclic) bond motifs is 1. The van der Waals surface area contributed by atoms with Crippen molar-refractivity contribution in [2.45, 2.75) is 19.5 Å². The van der Waals surface area contributed by atoms with Gasteiger partial charge in [-0.05, 0) is 74.3 Å². The van der Waals surface area contributed by atoms with Crippen LogP contribution >= 0.6 is 23.6 Å². The third kappa shape index (κ3) is 6.04. The van der Waals surface area contributed by atoms with Gasteiger partial charge in [0.05, 0.1) is 25.7 Å². The minimum absolute atomic E-state index is 0.109. The van der Waals surface area contributed by atoms with E-state index in [-0.39, 0.29) is 5.56 Å². The SMILES string of the molecule is COc1ccc2cc(CN(Cc3cccs3)C(=S)NCCCN(C)C)c(=O)[nH]c2c1. The average Bonchev–Trinajstić information content (AvgIpc) is 3.23. The van der Waals surface area contributed by atoms with Crippen LogP contribution in [0.5, 0.6) is 5.75 Å². The highest BCUT2D eigenvalue weighted by Crippen LogP contribution is 2.20. The summed E-state index contributed by atoms with van der Waals surface area (Å²) in [5, 5.41) is 7.03. The lowest BCUT2D eigenvalue weighted by molar-refractivity contribution is 0.385. The van der Waals surface area contributed by atoms with Gasteiger partial charge in [0.25, 0.3) is 5.56 Å². The van der Waals surface area contributed by atoms with Crippen molar-refractivity contribution in [2.75, 3.05) is 34.3 Å². The van der Waals surface area contributed by atoms with Crippen molar-refractivity contribution in [3.05, 3.63) is 62.6 Å². The van der Waals surface area contributed by atoms with Crippen molar-refractivity contribution in [2.24, 2.45) is 0 Å². The van der Waals surface area contributed by atoms with E-state index in [0.717, 1.165) is 30.4 Å². The van der Waals surface area contributed by atoms with E-state index < -0.39 is 0 Å². The molecule has 8 heteroatoms. The summed E-state index contributed by atoms with van der Waals surface area (Å²) < 4.78 is 5.25. The molecule has 6 nitrogen and oxygen atoms in total. The molecule has 2 N–H and O–H groups in total. The van der Waals surface area contributed by atoms with Gasteiger partial charge in [-0.2, -0.15) is 0 Å². The van der Waals surface area contributed by atoms with Crippen molar-refractivity contribution >= 4 is 39.6 Å². The normalized spacial score (nSPS) is 11.1. The molecule has 2 heterocycles. The van der Waals surface area contributed by atoms with Crippen molar-refractivity contribution in [3.8, 4) is 5.75 Å². The Balaban J connectivity index is 1.78. The Morgan fingerprint density at radius 3 is 2.77 bits per heavy atom. The quantitative estimate of drug-likeness (QED) is 0.390. The van der Waals surface area contributed by atoms with Gasteiger partial charge in [0.1, 0.15) is 5.75 Å². The van der Waals surface area contributed by atoms with Gasteiger partial charge in [0.15, 0.2) is 5.11 Å². The fourth-order valence-electron chi connectivity index (χ4n) is 3.17. The average molecular weight is 445 g/mol. The van der Waals surface area contributed by atoms with Crippen molar-refractivity contribution in [1.82, 2.24) is 20.1 Å². The molecule has 0 amide bonds. The molecule has 0 saturated carbocycles. The second-order valence-corrected chi connectivity index (χ2v) is 8.82. The molecule has 3 rings (SSSR count). The van der Waals surface area contributed by atoms with Crippen LogP contribution in [0.2, 0.25) is 0 Å². The van der Waals surface area contributed by atoms with Crippen LogP contribution in [-0.4, -0.2) is 54.2 Å². The number of pyridine rings is 1. The van der Waals surface area contributed by atoms with E-state index in [9.17, 15) is 4.79 Å². The van der Waals surface area contributed by atoms with Crippen LogP contribution in [0.3, 0.4) is 0 Å². The van der Waals surface area contributed by atoms with E-state index in [4.69, 9.17) is 17.0 Å². The molecule has 0 aliphatic rings. The molecule has 0 fully saturated rings. The molecule has 0 saturated heterocycles. The van der Waals surface area contributed by atoms with Crippen molar-refractivity contribution in [3.63, 3.8) is 0 Å². The summed E-state index contributed by atoms with van der Waals surface area (Å²) in [6.07, 6.45) is 0.998. The number of H-pyrrole nitrogens is 1. The first-order chi connectivity index (χ1) is 14.5. The van der Waals surface area contributed by atoms with E-state index in [1.165, 1.54) is 4.88 Å². The van der Waals surface area contributed by atoms with Crippen molar-refractivity contribution < 1.29 is 4.74 Å². The Hall–Kier alpha value is -2.42. The van der Waals surface area contributed by atoms with Gasteiger partial charge in [0, 0.05) is 23.1 Å². The molecule has 0 aliphatic carbocycles. The molecule has 3 aromatic rings. The van der Waals surface area contributed by atoms with Crippen LogP contribution in [0.4, 0.5) is 0 Å². The number of thiocarbonyl (C=S) groups is 1. The number of hydrogen-bond donors (Lipinski definition) is 2. The number of nitrogens with one attached hydrogen (secondary N) is 2. The molecule has 0 spiro atoms. The van der Waals surface area contributed by atoms with E-state index >= 15 is 0 Å². The Labute approximate surface area is 186 Å². The Morgan fingerprint density at radius 1 is 1.23 bits per heavy atom. The van der Waals surface area contributed by atoms with Gasteiger partial charge in [-0.3, -0.25) is 4.79 Å². The van der Waals surface area contributed by atoms with Gasteiger partial charge in [0.2, 0.25) is 0 Å². The Bertz CT molecular complexity index is 1030. The van der Waals surface area contributed by atoms with Gasteiger partial charge >= 0.3 is 0 Å². The monoisotopic (exact) mass is 444 g/mol. The molecule has 0 radical (unpaired) electrons. The largest absolute Gasteiger partial charge is 0.497 e. The highest BCUT2D eigenvalue weighted by atomic mass is 32.1. The predicted octanol–water partition coefficient (Wildman–Crippen LogP) is 3.43. The second-order valence-electron chi connectivity index (χ2n) is 7.40. The predicted molar refractivity (Wildman–Crippen MR) is 128 cm³/mol. The first-order valence-corrected chi connectivity index (χ1v) is 11.1. The molecule has 30 heavy (non-hydrogen) atoms. The number of thiophene rings is 1. The third-order valence-corrected chi connectivity index (χ3v) is 6.03. The molecule has 0 unspecified atom stereocenters. The lowest BCUT2D eigenvalue weighted by Crippen LogP contribution is -2.40. The number of rotatable bonds is 9. The standard InChI is InChI=1S/C22H28N4O2S2/c1-25(2)10-5-9-23-22(29)26(15-19-6-4-11-30-19)14-17-12-16-7-8-18(28-3)13-20(16)24-21(17)27/h4,6-8,11-13H,5,9-10,14-15H2,1-3H3,(H,23,29)(H,24,27). The lowest BCUT2D eigenvalue weighted by Gasteiger charge is -2.25. The first-order valence-electron chi connectivity index (χ1n) is 9.86. The minimum atomic E-state index is -0.109. The van der Waals surface area contributed by atoms with Crippen molar-refractivity contribution in [1.29, 1.82) is 0 Å². The molecule has 0 aliphatic heterocycles. The molecule has 160 valence electrons. The molecule has 0 bridgehead atoms. The topological polar surface area (TPSA) is 60.6 Å². The van der Waals surface area contributed by atoms with E-state index in [2.05, 4.69) is 45.6 Å². The van der Waals surface area contributed by atoms with Gasteiger partial charge in [-0.25, -0.2) is 0 Å². The number of ether oxygens (including phenoxy) is 1. The van der Waals surface area contributed by atoms with Crippen LogP contribution in [-0.2, 0) is 13.1 Å². The van der Waals surface area contributed by atoms with Crippen LogP contribution in [0.25, 0.3) is 10.9 Å².